The molecule has 6 nitrogen and oxygen atoms in total. The van der Waals surface area contributed by atoms with Crippen molar-refractivity contribution in [3.05, 3.63) is 108 Å². The normalized spacial score (nSPS) is 12.9. The number of amides is 2. The van der Waals surface area contributed by atoms with Crippen molar-refractivity contribution in [3.63, 3.8) is 0 Å². The fourth-order valence-corrected chi connectivity index (χ4v) is 5.21. The number of nitrogens with two attached hydrogens (primary N) is 1. The van der Waals surface area contributed by atoms with Gasteiger partial charge in [-0.1, -0.05) is 97.1 Å². The molecule has 0 unspecified atom stereocenters. The maximum Gasteiger partial charge on any atom is 0.242 e. The molecule has 0 saturated heterocycles. The summed E-state index contributed by atoms with van der Waals surface area (Å²) in [6, 6.07) is 27.7. The van der Waals surface area contributed by atoms with Crippen LogP contribution in [0.1, 0.15) is 43.7 Å². The standard InChI is InChI=1S/C36H44N4O2/c1-2-3-4-10-22-39-35(41)34(26-28-17-19-30-13-6-8-15-32(30)24-28)40-36(42)33(38-21-11-9-20-37)25-27-16-18-29-12-5-7-14-31(29)23-27/h2-3,5-8,12-19,23-24,33-34,38H,4,9-11,20-22,25-26,37H2,1H3,(H,39,41)(H,40,42)/b3-2+/t33-,34-/m0/s1. The molecule has 0 bridgehead atoms. The Kier molecular flexibility index (Phi) is 12.1. The van der Waals surface area contributed by atoms with Crippen molar-refractivity contribution in [1.29, 1.82) is 0 Å². The molecule has 42 heavy (non-hydrogen) atoms. The Morgan fingerprint density at radius 2 is 1.31 bits per heavy atom. The van der Waals surface area contributed by atoms with Gasteiger partial charge in [-0.3, -0.25) is 9.59 Å². The fourth-order valence-electron chi connectivity index (χ4n) is 5.21. The van der Waals surface area contributed by atoms with E-state index in [4.69, 9.17) is 5.73 Å². The summed E-state index contributed by atoms with van der Waals surface area (Å²) in [5.74, 6) is -0.338. The third-order valence-electron chi connectivity index (χ3n) is 7.56. The quantitative estimate of drug-likeness (QED) is 0.108. The summed E-state index contributed by atoms with van der Waals surface area (Å²) < 4.78 is 0. The number of unbranched alkanes of at least 4 members (excludes halogenated alkanes) is 2. The minimum atomic E-state index is -0.690. The van der Waals surface area contributed by atoms with E-state index < -0.39 is 12.1 Å². The van der Waals surface area contributed by atoms with E-state index in [9.17, 15) is 9.59 Å². The molecule has 4 aromatic carbocycles. The lowest BCUT2D eigenvalue weighted by Crippen LogP contribution is -2.54. The molecule has 0 spiro atoms. The zero-order chi connectivity index (χ0) is 29.6. The van der Waals surface area contributed by atoms with Gasteiger partial charge in [-0.15, -0.1) is 0 Å². The second-order valence-corrected chi connectivity index (χ2v) is 10.8. The van der Waals surface area contributed by atoms with Crippen molar-refractivity contribution in [2.45, 2.75) is 57.5 Å². The van der Waals surface area contributed by atoms with E-state index in [1.807, 2.05) is 43.3 Å². The summed E-state index contributed by atoms with van der Waals surface area (Å²) in [7, 11) is 0. The predicted molar refractivity (Wildman–Crippen MR) is 174 cm³/mol. The summed E-state index contributed by atoms with van der Waals surface area (Å²) in [4.78, 5) is 27.2. The van der Waals surface area contributed by atoms with Crippen LogP contribution in [-0.4, -0.2) is 43.5 Å². The van der Waals surface area contributed by atoms with Crippen molar-refractivity contribution in [2.24, 2.45) is 5.73 Å². The minimum Gasteiger partial charge on any atom is -0.354 e. The smallest absolute Gasteiger partial charge is 0.242 e. The third-order valence-corrected chi connectivity index (χ3v) is 7.56. The number of allylic oxidation sites excluding steroid dienone is 2. The number of benzene rings is 4. The molecule has 4 rings (SSSR count). The maximum atomic E-state index is 13.8. The fraction of sp³-hybridized carbons (Fsp3) is 0.333. The first-order valence-corrected chi connectivity index (χ1v) is 15.2. The SMILES string of the molecule is C/C=C/CCCNC(=O)[C@H](Cc1ccc2ccccc2c1)NC(=O)[C@H](Cc1ccc2ccccc2c1)NCCCCN. The molecule has 0 heterocycles. The van der Waals surface area contributed by atoms with Crippen LogP contribution < -0.4 is 21.7 Å². The summed E-state index contributed by atoms with van der Waals surface area (Å²) in [6.45, 7) is 3.85. The first-order chi connectivity index (χ1) is 20.6. The number of rotatable bonds is 16. The van der Waals surface area contributed by atoms with Crippen molar-refractivity contribution >= 4 is 33.4 Å². The van der Waals surface area contributed by atoms with Gasteiger partial charge in [0, 0.05) is 13.0 Å². The molecule has 0 aliphatic carbocycles. The first-order valence-electron chi connectivity index (χ1n) is 15.2. The van der Waals surface area contributed by atoms with Gasteiger partial charge in [0.25, 0.3) is 0 Å². The molecule has 2 atom stereocenters. The van der Waals surface area contributed by atoms with Crippen LogP contribution >= 0.6 is 0 Å². The van der Waals surface area contributed by atoms with E-state index in [1.165, 1.54) is 5.39 Å². The second-order valence-electron chi connectivity index (χ2n) is 10.8. The largest absolute Gasteiger partial charge is 0.354 e. The molecule has 0 aromatic heterocycles. The van der Waals surface area contributed by atoms with E-state index in [2.05, 4.69) is 76.6 Å². The average molecular weight is 565 g/mol. The molecule has 0 fully saturated rings. The number of carbonyl (C=O) groups excluding carboxylic acids is 2. The Labute approximate surface area is 249 Å². The molecule has 0 radical (unpaired) electrons. The van der Waals surface area contributed by atoms with Gasteiger partial charge in [0.05, 0.1) is 6.04 Å². The van der Waals surface area contributed by atoms with Gasteiger partial charge in [0.15, 0.2) is 0 Å². The first kappa shape index (κ1) is 30.9. The van der Waals surface area contributed by atoms with Gasteiger partial charge < -0.3 is 21.7 Å². The van der Waals surface area contributed by atoms with Crippen LogP contribution in [0.4, 0.5) is 0 Å². The van der Waals surface area contributed by atoms with Crippen LogP contribution in [0.25, 0.3) is 21.5 Å². The lowest BCUT2D eigenvalue weighted by atomic mass is 9.99. The van der Waals surface area contributed by atoms with Crippen LogP contribution in [-0.2, 0) is 22.4 Å². The summed E-state index contributed by atoms with van der Waals surface area (Å²) in [6.07, 6.45) is 8.55. The van der Waals surface area contributed by atoms with Gasteiger partial charge in [0.2, 0.25) is 11.8 Å². The van der Waals surface area contributed by atoms with Crippen molar-refractivity contribution in [3.8, 4) is 0 Å². The Hall–Kier alpha value is -4.00. The Morgan fingerprint density at radius 1 is 0.714 bits per heavy atom. The van der Waals surface area contributed by atoms with Gasteiger partial charge in [-0.25, -0.2) is 0 Å². The number of fused-ring (bicyclic) bond motifs is 2. The van der Waals surface area contributed by atoms with Gasteiger partial charge in [-0.2, -0.15) is 0 Å². The van der Waals surface area contributed by atoms with E-state index in [-0.39, 0.29) is 11.8 Å². The van der Waals surface area contributed by atoms with Crippen LogP contribution in [0.2, 0.25) is 0 Å². The highest BCUT2D eigenvalue weighted by Gasteiger charge is 2.26. The molecule has 4 aromatic rings. The van der Waals surface area contributed by atoms with Crippen LogP contribution in [0.5, 0.6) is 0 Å². The van der Waals surface area contributed by atoms with Gasteiger partial charge in [0.1, 0.15) is 6.04 Å². The van der Waals surface area contributed by atoms with Crippen LogP contribution in [0.15, 0.2) is 97.1 Å². The Balaban J connectivity index is 1.52. The van der Waals surface area contributed by atoms with Crippen LogP contribution in [0.3, 0.4) is 0 Å². The number of hydrogen-bond acceptors (Lipinski definition) is 4. The van der Waals surface area contributed by atoms with Crippen molar-refractivity contribution in [2.75, 3.05) is 19.6 Å². The highest BCUT2D eigenvalue weighted by molar-refractivity contribution is 5.91. The highest BCUT2D eigenvalue weighted by atomic mass is 16.2. The predicted octanol–water partition coefficient (Wildman–Crippen LogP) is 5.43. The van der Waals surface area contributed by atoms with Crippen LogP contribution in [0, 0.1) is 0 Å². The average Bonchev–Trinajstić information content (AvgIpc) is 3.01. The topological polar surface area (TPSA) is 96.2 Å². The van der Waals surface area contributed by atoms with Crippen molar-refractivity contribution in [1.82, 2.24) is 16.0 Å². The number of nitrogens with one attached hydrogen (secondary N) is 3. The molecular weight excluding hydrogens is 520 g/mol. The molecule has 0 aliphatic heterocycles. The van der Waals surface area contributed by atoms with Gasteiger partial charge >= 0.3 is 0 Å². The van der Waals surface area contributed by atoms with E-state index >= 15 is 0 Å². The second kappa shape index (κ2) is 16.4. The number of carbonyl (C=O) groups is 2. The summed E-state index contributed by atoms with van der Waals surface area (Å²) in [5.41, 5.74) is 7.77. The molecular formula is C36H44N4O2. The molecule has 0 aliphatic rings. The third kappa shape index (κ3) is 9.26. The zero-order valence-corrected chi connectivity index (χ0v) is 24.7. The van der Waals surface area contributed by atoms with Gasteiger partial charge in [-0.05, 0) is 84.8 Å². The van der Waals surface area contributed by atoms with E-state index in [0.717, 1.165) is 53.0 Å². The minimum absolute atomic E-state index is 0.162. The van der Waals surface area contributed by atoms with E-state index in [0.29, 0.717) is 32.5 Å². The lowest BCUT2D eigenvalue weighted by molar-refractivity contribution is -0.130. The highest BCUT2D eigenvalue weighted by Crippen LogP contribution is 2.18. The molecule has 220 valence electrons. The zero-order valence-electron chi connectivity index (χ0n) is 24.7. The Morgan fingerprint density at radius 3 is 1.90 bits per heavy atom. The molecule has 2 amide bonds. The van der Waals surface area contributed by atoms with Crippen molar-refractivity contribution < 1.29 is 9.59 Å². The van der Waals surface area contributed by atoms with E-state index in [1.54, 1.807) is 0 Å². The maximum absolute atomic E-state index is 13.8. The summed E-state index contributed by atoms with van der Waals surface area (Å²) in [5, 5.41) is 14.2. The molecule has 6 heteroatoms. The monoisotopic (exact) mass is 564 g/mol. The molecule has 0 saturated carbocycles. The molecule has 5 N–H and O–H groups in total. The Bertz CT molecular complexity index is 1480. The summed E-state index contributed by atoms with van der Waals surface area (Å²) >= 11 is 0. The number of hydrogen-bond donors (Lipinski definition) is 4. The lowest BCUT2D eigenvalue weighted by Gasteiger charge is -2.24.